The molecule has 2 heterocycles. The highest BCUT2D eigenvalue weighted by Crippen LogP contribution is 2.43. The summed E-state index contributed by atoms with van der Waals surface area (Å²) in [5.74, 6) is -3.78. The Morgan fingerprint density at radius 3 is 2.56 bits per heavy atom. The van der Waals surface area contributed by atoms with Crippen LogP contribution in [0.4, 0.5) is 13.6 Å². The molecule has 1 unspecified atom stereocenters. The maximum atomic E-state index is 13.4. The first-order valence-corrected chi connectivity index (χ1v) is 12.7. The zero-order valence-corrected chi connectivity index (χ0v) is 19.7. The van der Waals surface area contributed by atoms with Crippen molar-refractivity contribution in [2.45, 2.75) is 55.9 Å². The van der Waals surface area contributed by atoms with Crippen LogP contribution in [0.5, 0.6) is 0 Å². The molecular weight excluding hydrogens is 468 g/mol. The van der Waals surface area contributed by atoms with Gasteiger partial charge in [-0.05, 0) is 31.9 Å². The molecule has 12 heteroatoms. The molecule has 1 aromatic heterocycles. The van der Waals surface area contributed by atoms with E-state index in [1.807, 2.05) is 6.92 Å². The molecule has 0 radical (unpaired) electrons. The molecule has 0 spiro atoms. The second-order valence-corrected chi connectivity index (χ2v) is 11.8. The van der Waals surface area contributed by atoms with Crippen molar-refractivity contribution < 1.29 is 31.4 Å². The van der Waals surface area contributed by atoms with Crippen LogP contribution in [-0.2, 0) is 28.4 Å². The highest BCUT2D eigenvalue weighted by molar-refractivity contribution is 7.90. The molecule has 2 fully saturated rings. The van der Waals surface area contributed by atoms with Crippen LogP contribution >= 0.6 is 0 Å². The van der Waals surface area contributed by atoms with Gasteiger partial charge in [-0.25, -0.2) is 26.7 Å². The number of amides is 3. The summed E-state index contributed by atoms with van der Waals surface area (Å²) in [6.45, 7) is 1.78. The summed E-state index contributed by atoms with van der Waals surface area (Å²) in [4.78, 5) is 27.7. The Labute approximate surface area is 195 Å². The molecule has 4 aliphatic rings. The fourth-order valence-electron chi connectivity index (χ4n) is 4.60. The predicted molar refractivity (Wildman–Crippen MR) is 118 cm³/mol. The number of urea groups is 1. The molecule has 5 rings (SSSR count). The van der Waals surface area contributed by atoms with E-state index in [2.05, 4.69) is 9.82 Å². The number of aromatic nitrogens is 2. The summed E-state index contributed by atoms with van der Waals surface area (Å²) in [6, 6.07) is -0.620. The van der Waals surface area contributed by atoms with Crippen LogP contribution < -0.4 is 4.72 Å². The number of hydrogen-bond acceptors (Lipinski definition) is 5. The Morgan fingerprint density at radius 1 is 1.26 bits per heavy atom. The van der Waals surface area contributed by atoms with E-state index in [4.69, 9.17) is 0 Å². The van der Waals surface area contributed by atoms with Gasteiger partial charge in [-0.3, -0.25) is 4.68 Å². The van der Waals surface area contributed by atoms with Crippen molar-refractivity contribution in [1.29, 1.82) is 0 Å². The number of nitrogens with one attached hydrogen (secondary N) is 1. The smallest absolute Gasteiger partial charge is 0.275 e. The second-order valence-electron chi connectivity index (χ2n) is 9.93. The van der Waals surface area contributed by atoms with Crippen molar-refractivity contribution in [2.24, 2.45) is 13.0 Å². The normalized spacial score (nSPS) is 25.8. The van der Waals surface area contributed by atoms with E-state index in [0.717, 1.165) is 17.7 Å². The first-order valence-electron chi connectivity index (χ1n) is 11.1. The lowest BCUT2D eigenvalue weighted by Gasteiger charge is -2.35. The van der Waals surface area contributed by atoms with Gasteiger partial charge < -0.3 is 0 Å². The van der Waals surface area contributed by atoms with Crippen LogP contribution in [-0.4, -0.2) is 68.6 Å². The first-order chi connectivity index (χ1) is 15.9. The molecular formula is C22H26F2N5O4S+. The molecule has 1 atom stereocenters. The van der Waals surface area contributed by atoms with Crippen molar-refractivity contribution >= 4 is 27.7 Å². The number of carbonyl (C=O) groups is 2. The molecule has 1 aromatic rings. The van der Waals surface area contributed by atoms with Gasteiger partial charge in [-0.15, -0.1) is 0 Å². The van der Waals surface area contributed by atoms with E-state index >= 15 is 0 Å². The molecule has 0 bridgehead atoms. The Bertz CT molecular complexity index is 1270. The Kier molecular flexibility index (Phi) is 5.17. The average molecular weight is 495 g/mol. The van der Waals surface area contributed by atoms with Crippen molar-refractivity contribution in [3.63, 3.8) is 0 Å². The van der Waals surface area contributed by atoms with Gasteiger partial charge in [0.05, 0.1) is 12.7 Å². The molecule has 3 amide bonds. The molecule has 1 N–H and O–H groups in total. The molecule has 0 aromatic carbocycles. The minimum atomic E-state index is -3.80. The minimum Gasteiger partial charge on any atom is -0.275 e. The molecule has 1 aliphatic heterocycles. The van der Waals surface area contributed by atoms with E-state index in [9.17, 15) is 26.8 Å². The Morgan fingerprint density at radius 2 is 1.97 bits per heavy atom. The topological polar surface area (TPSA) is 104 Å². The van der Waals surface area contributed by atoms with Crippen molar-refractivity contribution in [3.8, 4) is 0 Å². The number of rotatable bonds is 7. The largest absolute Gasteiger partial charge is 0.501 e. The minimum absolute atomic E-state index is 0.0238. The second kappa shape index (κ2) is 7.64. The summed E-state index contributed by atoms with van der Waals surface area (Å²) in [5.41, 5.74) is 0.461. The van der Waals surface area contributed by atoms with Crippen LogP contribution in [0, 0.1) is 5.92 Å². The fourth-order valence-corrected chi connectivity index (χ4v) is 6.22. The van der Waals surface area contributed by atoms with Crippen molar-refractivity contribution in [1.82, 2.24) is 19.4 Å². The summed E-state index contributed by atoms with van der Waals surface area (Å²) >= 11 is 0. The number of allylic oxidation sites excluding steroid dienone is 1. The summed E-state index contributed by atoms with van der Waals surface area (Å²) in [5, 5.41) is 2.97. The van der Waals surface area contributed by atoms with Crippen LogP contribution in [0.1, 0.15) is 38.2 Å². The van der Waals surface area contributed by atoms with Gasteiger partial charge in [0.15, 0.2) is 0 Å². The number of halogens is 2. The third-order valence-electron chi connectivity index (χ3n) is 6.74. The molecule has 9 nitrogen and oxygen atoms in total. The van der Waals surface area contributed by atoms with Gasteiger partial charge in [0.25, 0.3) is 0 Å². The van der Waals surface area contributed by atoms with Crippen molar-refractivity contribution in [3.05, 3.63) is 41.8 Å². The van der Waals surface area contributed by atoms with E-state index in [1.54, 1.807) is 13.2 Å². The van der Waals surface area contributed by atoms with Gasteiger partial charge in [-0.2, -0.15) is 19.4 Å². The van der Waals surface area contributed by atoms with Crippen molar-refractivity contribution in [2.75, 3.05) is 6.54 Å². The van der Waals surface area contributed by atoms with Crippen LogP contribution in [0.25, 0.3) is 0 Å². The summed E-state index contributed by atoms with van der Waals surface area (Å²) < 4.78 is 58.3. The third-order valence-corrected chi connectivity index (χ3v) is 8.53. The van der Waals surface area contributed by atoms with E-state index in [0.29, 0.717) is 5.56 Å². The standard InChI is InChI=1S/C22H26F2N5O4S/c1-21(5-6-21)26-34(32,33)16-3-4-18-17(7-16)19(30)29(13-15-10-25-27(2)11-15)20(31)28(18)12-14-8-22(23,24)9-14/h3-4,7,10-11,14,16,26H,5-6,8-9,12-13H2,1-2H3/q+1. The lowest BCUT2D eigenvalue weighted by atomic mass is 9.81. The number of aryl methyl sites for hydroxylation is 1. The molecule has 3 aliphatic carbocycles. The van der Waals surface area contributed by atoms with Crippen LogP contribution in [0.3, 0.4) is 0 Å². The summed E-state index contributed by atoms with van der Waals surface area (Å²) in [7, 11) is -2.10. The van der Waals surface area contributed by atoms with Gasteiger partial charge in [-0.1, -0.05) is 6.08 Å². The summed E-state index contributed by atoms with van der Waals surface area (Å²) in [6.07, 6.45) is 8.22. The fraction of sp³-hybridized carbons (Fsp3) is 0.545. The first kappa shape index (κ1) is 23.0. The van der Waals surface area contributed by atoms with Crippen LogP contribution in [0.15, 0.2) is 36.2 Å². The molecule has 2 saturated carbocycles. The lowest BCUT2D eigenvalue weighted by molar-refractivity contribution is -0.453. The zero-order chi connectivity index (χ0) is 24.5. The van der Waals surface area contributed by atoms with Gasteiger partial charge >= 0.3 is 11.9 Å². The van der Waals surface area contributed by atoms with Crippen LogP contribution in [0.2, 0.25) is 0 Å². The van der Waals surface area contributed by atoms with E-state index in [-0.39, 0.29) is 37.2 Å². The van der Waals surface area contributed by atoms with Gasteiger partial charge in [0.2, 0.25) is 15.9 Å². The highest BCUT2D eigenvalue weighted by atomic mass is 32.2. The molecule has 0 saturated heterocycles. The number of hydrogen-bond donors (Lipinski definition) is 1. The lowest BCUT2D eigenvalue weighted by Crippen LogP contribution is -2.54. The van der Waals surface area contributed by atoms with E-state index < -0.39 is 44.6 Å². The zero-order valence-electron chi connectivity index (χ0n) is 18.9. The predicted octanol–water partition coefficient (Wildman–Crippen LogP) is 1.72. The highest BCUT2D eigenvalue weighted by Gasteiger charge is 2.51. The number of fused-ring (bicyclic) bond motifs is 1. The maximum Gasteiger partial charge on any atom is 0.501 e. The Balaban J connectivity index is 1.50. The Hall–Kier alpha value is -2.73. The maximum absolute atomic E-state index is 13.4. The average Bonchev–Trinajstić information content (AvgIpc) is 3.30. The molecule has 182 valence electrons. The third kappa shape index (κ3) is 4.24. The number of imide groups is 1. The number of nitrogens with zero attached hydrogens (tertiary/aromatic N) is 4. The molecule has 34 heavy (non-hydrogen) atoms. The number of alkyl halides is 2. The van der Waals surface area contributed by atoms with Gasteiger partial charge in [0.1, 0.15) is 23.1 Å². The van der Waals surface area contributed by atoms with Gasteiger partial charge in [0, 0.05) is 43.1 Å². The SMILES string of the molecule is Cn1cc(CN2C(=O)C3=CC(S(=O)(=O)NC4(C)CC4)C=CC3=[N+](CC3CC(F)(F)C3)C2=O)cn1. The van der Waals surface area contributed by atoms with E-state index in [1.165, 1.54) is 33.7 Å². The quantitative estimate of drug-likeness (QED) is 0.582. The number of sulfonamides is 1. The number of carbonyl (C=O) groups excluding carboxylic acids is 2. The monoisotopic (exact) mass is 494 g/mol.